The van der Waals surface area contributed by atoms with E-state index in [1.165, 1.54) is 18.1 Å². The fourth-order valence-electron chi connectivity index (χ4n) is 1.96. The van der Waals surface area contributed by atoms with E-state index >= 15 is 0 Å². The highest BCUT2D eigenvalue weighted by Gasteiger charge is 2.14. The quantitative estimate of drug-likeness (QED) is 0.852. The highest BCUT2D eigenvalue weighted by Crippen LogP contribution is 2.33. The van der Waals surface area contributed by atoms with Crippen LogP contribution in [-0.2, 0) is 0 Å². The Hall–Kier alpha value is -1.46. The van der Waals surface area contributed by atoms with Crippen LogP contribution in [0.4, 0.5) is 4.39 Å². The Labute approximate surface area is 123 Å². The molecule has 20 heavy (non-hydrogen) atoms. The minimum atomic E-state index is -0.170. The molecule has 1 aromatic carbocycles. The van der Waals surface area contributed by atoms with E-state index in [4.69, 9.17) is 0 Å². The van der Waals surface area contributed by atoms with Gasteiger partial charge in [0.05, 0.1) is 0 Å². The molecule has 5 heteroatoms. The van der Waals surface area contributed by atoms with Crippen molar-refractivity contribution in [3.05, 3.63) is 47.7 Å². The van der Waals surface area contributed by atoms with Gasteiger partial charge < -0.3 is 5.32 Å². The molecule has 3 nitrogen and oxygen atoms in total. The van der Waals surface area contributed by atoms with Gasteiger partial charge in [-0.25, -0.2) is 14.4 Å². The minimum Gasteiger partial charge on any atom is -0.310 e. The van der Waals surface area contributed by atoms with Crippen molar-refractivity contribution in [3.63, 3.8) is 0 Å². The first kappa shape index (κ1) is 14.9. The van der Waals surface area contributed by atoms with Gasteiger partial charge in [-0.1, -0.05) is 18.7 Å². The molecule has 1 atom stereocenters. The maximum Gasteiger partial charge on any atom is 0.126 e. The van der Waals surface area contributed by atoms with E-state index in [2.05, 4.69) is 15.3 Å². The summed E-state index contributed by atoms with van der Waals surface area (Å²) < 4.78 is 13.8. The topological polar surface area (TPSA) is 37.8 Å². The molecule has 2 rings (SSSR count). The van der Waals surface area contributed by atoms with Crippen LogP contribution < -0.4 is 5.32 Å². The predicted octanol–water partition coefficient (Wildman–Crippen LogP) is 3.75. The lowest BCUT2D eigenvalue weighted by atomic mass is 10.1. The van der Waals surface area contributed by atoms with Crippen molar-refractivity contribution in [2.45, 2.75) is 36.7 Å². The van der Waals surface area contributed by atoms with Gasteiger partial charge in [0.25, 0.3) is 0 Å². The molecule has 0 saturated heterocycles. The first-order valence-corrected chi connectivity index (χ1v) is 7.40. The smallest absolute Gasteiger partial charge is 0.126 e. The number of halogens is 1. The number of nitrogens with one attached hydrogen (secondary N) is 1. The van der Waals surface area contributed by atoms with Crippen LogP contribution >= 0.6 is 11.8 Å². The van der Waals surface area contributed by atoms with Gasteiger partial charge >= 0.3 is 0 Å². The molecular formula is C15H18FN3S. The van der Waals surface area contributed by atoms with Crippen molar-refractivity contribution in [2.75, 3.05) is 6.54 Å². The molecule has 0 aliphatic carbocycles. The fraction of sp³-hybridized carbons (Fsp3) is 0.333. The maximum absolute atomic E-state index is 13.8. The summed E-state index contributed by atoms with van der Waals surface area (Å²) in [5.74, 6) is -0.170. The summed E-state index contributed by atoms with van der Waals surface area (Å²) in [7, 11) is 0. The van der Waals surface area contributed by atoms with Crippen molar-refractivity contribution < 1.29 is 4.39 Å². The zero-order chi connectivity index (χ0) is 14.5. The zero-order valence-corrected chi connectivity index (χ0v) is 12.7. The summed E-state index contributed by atoms with van der Waals surface area (Å²) in [6.45, 7) is 6.70. The Bertz CT molecular complexity index is 575. The second-order valence-corrected chi connectivity index (χ2v) is 5.63. The molecule has 0 saturated carbocycles. The molecule has 0 amide bonds. The van der Waals surface area contributed by atoms with Crippen LogP contribution in [0, 0.1) is 12.7 Å². The average molecular weight is 291 g/mol. The normalized spacial score (nSPS) is 12.4. The Morgan fingerprint density at radius 2 is 2.20 bits per heavy atom. The van der Waals surface area contributed by atoms with E-state index < -0.39 is 0 Å². The van der Waals surface area contributed by atoms with Gasteiger partial charge in [0.2, 0.25) is 0 Å². The summed E-state index contributed by atoms with van der Waals surface area (Å²) in [6, 6.07) is 5.45. The molecule has 106 valence electrons. The van der Waals surface area contributed by atoms with E-state index in [-0.39, 0.29) is 11.9 Å². The second kappa shape index (κ2) is 6.81. The lowest BCUT2D eigenvalue weighted by molar-refractivity contribution is 0.571. The van der Waals surface area contributed by atoms with Crippen molar-refractivity contribution >= 4 is 11.8 Å². The number of benzene rings is 1. The van der Waals surface area contributed by atoms with E-state index in [0.29, 0.717) is 5.56 Å². The Morgan fingerprint density at radius 3 is 2.85 bits per heavy atom. The van der Waals surface area contributed by atoms with Gasteiger partial charge in [0.15, 0.2) is 0 Å². The first-order chi connectivity index (χ1) is 9.61. The number of hydrogen-bond acceptors (Lipinski definition) is 4. The zero-order valence-electron chi connectivity index (χ0n) is 11.9. The predicted molar refractivity (Wildman–Crippen MR) is 79.4 cm³/mol. The highest BCUT2D eigenvalue weighted by atomic mass is 32.2. The third kappa shape index (κ3) is 3.55. The van der Waals surface area contributed by atoms with Gasteiger partial charge in [0, 0.05) is 17.1 Å². The molecule has 1 N–H and O–H groups in total. The van der Waals surface area contributed by atoms with E-state index in [0.717, 1.165) is 22.0 Å². The Morgan fingerprint density at radius 1 is 1.40 bits per heavy atom. The number of aromatic nitrogens is 2. The van der Waals surface area contributed by atoms with E-state index in [1.807, 2.05) is 26.0 Å². The van der Waals surface area contributed by atoms with Crippen LogP contribution in [-0.4, -0.2) is 16.5 Å². The number of aryl methyl sites for hydroxylation is 1. The van der Waals surface area contributed by atoms with Crippen LogP contribution in [0.2, 0.25) is 0 Å². The minimum absolute atomic E-state index is 0.0967. The summed E-state index contributed by atoms with van der Waals surface area (Å²) in [6.07, 6.45) is 3.23. The van der Waals surface area contributed by atoms with E-state index in [9.17, 15) is 4.39 Å². The van der Waals surface area contributed by atoms with Gasteiger partial charge in [-0.15, -0.1) is 0 Å². The van der Waals surface area contributed by atoms with E-state index in [1.54, 1.807) is 19.2 Å². The van der Waals surface area contributed by atoms with Crippen molar-refractivity contribution in [1.82, 2.24) is 15.3 Å². The average Bonchev–Trinajstić information content (AvgIpc) is 2.44. The summed E-state index contributed by atoms with van der Waals surface area (Å²) in [5, 5.41) is 4.18. The largest absolute Gasteiger partial charge is 0.310 e. The first-order valence-electron chi connectivity index (χ1n) is 6.59. The molecule has 0 fully saturated rings. The number of hydrogen-bond donors (Lipinski definition) is 1. The molecule has 0 bridgehead atoms. The molecule has 0 radical (unpaired) electrons. The third-order valence-corrected chi connectivity index (χ3v) is 4.06. The third-order valence-electron chi connectivity index (χ3n) is 3.04. The van der Waals surface area contributed by atoms with Crippen molar-refractivity contribution in [1.29, 1.82) is 0 Å². The molecule has 0 aliphatic rings. The van der Waals surface area contributed by atoms with Crippen molar-refractivity contribution in [3.8, 4) is 0 Å². The highest BCUT2D eigenvalue weighted by molar-refractivity contribution is 7.99. The van der Waals surface area contributed by atoms with Gasteiger partial charge in [-0.05, 0) is 49.7 Å². The maximum atomic E-state index is 13.8. The van der Waals surface area contributed by atoms with Crippen LogP contribution in [0.15, 0.2) is 40.6 Å². The van der Waals surface area contributed by atoms with Gasteiger partial charge in [-0.2, -0.15) is 0 Å². The van der Waals surface area contributed by atoms with Crippen LogP contribution in [0.5, 0.6) is 0 Å². The monoisotopic (exact) mass is 291 g/mol. The molecule has 0 aliphatic heterocycles. The standard InChI is InChI=1S/C15H18FN3S/c1-4-18-11(3)12-8-13(16)10(2)7-14(12)20-15-5-6-17-9-19-15/h5-9,11,18H,4H2,1-3H3. The van der Waals surface area contributed by atoms with Crippen LogP contribution in [0.1, 0.15) is 31.0 Å². The van der Waals surface area contributed by atoms with Crippen LogP contribution in [0.3, 0.4) is 0 Å². The SMILES string of the molecule is CCNC(C)c1cc(F)c(C)cc1Sc1ccncn1. The molecule has 2 aromatic rings. The summed E-state index contributed by atoms with van der Waals surface area (Å²) in [4.78, 5) is 9.14. The van der Waals surface area contributed by atoms with Crippen molar-refractivity contribution in [2.24, 2.45) is 0 Å². The molecule has 1 heterocycles. The summed E-state index contributed by atoms with van der Waals surface area (Å²) in [5.41, 5.74) is 1.60. The molecule has 1 unspecified atom stereocenters. The Balaban J connectivity index is 2.37. The number of nitrogens with zero attached hydrogens (tertiary/aromatic N) is 2. The second-order valence-electron chi connectivity index (χ2n) is 4.57. The lowest BCUT2D eigenvalue weighted by Crippen LogP contribution is -2.18. The summed E-state index contributed by atoms with van der Waals surface area (Å²) >= 11 is 1.53. The molecule has 1 aromatic heterocycles. The van der Waals surface area contributed by atoms with Gasteiger partial charge in [-0.3, -0.25) is 0 Å². The Kier molecular flexibility index (Phi) is 5.09. The number of rotatable bonds is 5. The fourth-order valence-corrected chi connectivity index (χ4v) is 3.01. The molecular weight excluding hydrogens is 273 g/mol. The molecule has 0 spiro atoms. The van der Waals surface area contributed by atoms with Crippen LogP contribution in [0.25, 0.3) is 0 Å². The lowest BCUT2D eigenvalue weighted by Gasteiger charge is -2.17. The van der Waals surface area contributed by atoms with Gasteiger partial charge in [0.1, 0.15) is 17.2 Å².